The molecule has 0 spiro atoms. The van der Waals surface area contributed by atoms with Crippen LogP contribution in [0, 0.1) is 25.2 Å². The van der Waals surface area contributed by atoms with Gasteiger partial charge in [-0.05, 0) is 43.2 Å². The number of nitrogens with zero attached hydrogens (tertiary/aromatic N) is 2. The van der Waals surface area contributed by atoms with Crippen molar-refractivity contribution in [3.8, 4) is 6.07 Å². The molecule has 1 aromatic heterocycles. The molecule has 0 saturated carbocycles. The van der Waals surface area contributed by atoms with E-state index in [1.165, 1.54) is 16.7 Å². The van der Waals surface area contributed by atoms with Gasteiger partial charge in [-0.2, -0.15) is 18.4 Å². The van der Waals surface area contributed by atoms with Crippen LogP contribution in [0.2, 0.25) is 0 Å². The summed E-state index contributed by atoms with van der Waals surface area (Å²) in [6.07, 6.45) is -4.43. The zero-order valence-electron chi connectivity index (χ0n) is 12.0. The first-order valence-electron chi connectivity index (χ1n) is 6.51. The lowest BCUT2D eigenvalue weighted by Gasteiger charge is -2.13. The number of halogens is 3. The maximum atomic E-state index is 12.7. The number of benzene rings is 1. The van der Waals surface area contributed by atoms with Crippen LogP contribution >= 0.6 is 0 Å². The Bertz CT molecular complexity index is 814. The average molecular weight is 306 g/mol. The zero-order chi connectivity index (χ0) is 16.5. The number of aromatic nitrogens is 1. The zero-order valence-corrected chi connectivity index (χ0v) is 12.0. The van der Waals surface area contributed by atoms with Crippen LogP contribution in [0.5, 0.6) is 0 Å². The normalized spacial score (nSPS) is 11.3. The van der Waals surface area contributed by atoms with Gasteiger partial charge in [0, 0.05) is 5.69 Å². The van der Waals surface area contributed by atoms with Crippen LogP contribution in [-0.2, 0) is 12.7 Å². The highest BCUT2D eigenvalue weighted by molar-refractivity contribution is 5.36. The third-order valence-electron chi connectivity index (χ3n) is 3.41. The van der Waals surface area contributed by atoms with Gasteiger partial charge in [-0.3, -0.25) is 4.79 Å². The fraction of sp³-hybridized carbons (Fsp3) is 0.250. The molecule has 0 N–H and O–H groups in total. The molecule has 0 saturated heterocycles. The fourth-order valence-electron chi connectivity index (χ4n) is 2.29. The number of alkyl halides is 3. The van der Waals surface area contributed by atoms with Crippen LogP contribution < -0.4 is 5.56 Å². The molecular formula is C16H13F3N2O. The molecule has 0 unspecified atom stereocenters. The summed E-state index contributed by atoms with van der Waals surface area (Å²) in [5.41, 5.74) is 0.273. The lowest BCUT2D eigenvalue weighted by molar-refractivity contribution is -0.137. The monoisotopic (exact) mass is 306 g/mol. The number of hydrogen-bond donors (Lipinski definition) is 0. The van der Waals surface area contributed by atoms with E-state index in [4.69, 9.17) is 5.26 Å². The molecule has 0 aliphatic heterocycles. The van der Waals surface area contributed by atoms with Gasteiger partial charge in [0.1, 0.15) is 11.6 Å². The summed E-state index contributed by atoms with van der Waals surface area (Å²) in [5, 5.41) is 9.02. The number of nitriles is 1. The molecule has 0 aliphatic rings. The molecule has 1 aromatic carbocycles. The molecule has 0 atom stereocenters. The summed E-state index contributed by atoms with van der Waals surface area (Å²) in [7, 11) is 0. The molecule has 0 aliphatic carbocycles. The number of pyridine rings is 1. The van der Waals surface area contributed by atoms with Crippen molar-refractivity contribution in [2.75, 3.05) is 0 Å². The van der Waals surface area contributed by atoms with Gasteiger partial charge < -0.3 is 4.57 Å². The summed E-state index contributed by atoms with van der Waals surface area (Å²) in [6, 6.07) is 8.33. The quantitative estimate of drug-likeness (QED) is 0.853. The van der Waals surface area contributed by atoms with Gasteiger partial charge in [-0.25, -0.2) is 0 Å². The Kier molecular flexibility index (Phi) is 4.09. The molecule has 0 radical (unpaired) electrons. The topological polar surface area (TPSA) is 45.8 Å². The van der Waals surface area contributed by atoms with E-state index < -0.39 is 17.3 Å². The molecule has 0 fully saturated rings. The van der Waals surface area contributed by atoms with E-state index in [2.05, 4.69) is 0 Å². The molecule has 22 heavy (non-hydrogen) atoms. The van der Waals surface area contributed by atoms with Crippen LogP contribution in [0.3, 0.4) is 0 Å². The largest absolute Gasteiger partial charge is 0.416 e. The molecular weight excluding hydrogens is 293 g/mol. The number of aryl methyl sites for hydroxylation is 2. The van der Waals surface area contributed by atoms with Crippen molar-refractivity contribution in [1.82, 2.24) is 4.57 Å². The summed E-state index contributed by atoms with van der Waals surface area (Å²) in [6.45, 7) is 3.33. The first kappa shape index (κ1) is 15.8. The van der Waals surface area contributed by atoms with Crippen molar-refractivity contribution in [1.29, 1.82) is 5.26 Å². The van der Waals surface area contributed by atoms with Crippen molar-refractivity contribution in [2.24, 2.45) is 0 Å². The molecule has 0 bridgehead atoms. The van der Waals surface area contributed by atoms with Gasteiger partial charge in [0.2, 0.25) is 0 Å². The van der Waals surface area contributed by atoms with Gasteiger partial charge in [-0.1, -0.05) is 12.1 Å². The Hall–Kier alpha value is -2.55. The van der Waals surface area contributed by atoms with E-state index in [1.807, 2.05) is 6.07 Å². The lowest BCUT2D eigenvalue weighted by Crippen LogP contribution is -2.26. The second-order valence-corrected chi connectivity index (χ2v) is 5.04. The standard InChI is InChI=1S/C16H13F3N2O/c1-10-6-11(2)21(15(22)14(10)8-20)9-12-4-3-5-13(7-12)16(17,18)19/h3-7H,9H2,1-2H3. The third-order valence-corrected chi connectivity index (χ3v) is 3.41. The lowest BCUT2D eigenvalue weighted by atomic mass is 10.1. The predicted octanol–water partition coefficient (Wildman–Crippen LogP) is 3.40. The van der Waals surface area contributed by atoms with E-state index in [0.29, 0.717) is 16.8 Å². The predicted molar refractivity (Wildman–Crippen MR) is 75.4 cm³/mol. The molecule has 6 heteroatoms. The second-order valence-electron chi connectivity index (χ2n) is 5.04. The highest BCUT2D eigenvalue weighted by Gasteiger charge is 2.30. The van der Waals surface area contributed by atoms with Crippen LogP contribution in [0.25, 0.3) is 0 Å². The Morgan fingerprint density at radius 3 is 2.50 bits per heavy atom. The van der Waals surface area contributed by atoms with Crippen molar-refractivity contribution in [3.63, 3.8) is 0 Å². The summed E-state index contributed by atoms with van der Waals surface area (Å²) in [4.78, 5) is 12.2. The van der Waals surface area contributed by atoms with Crippen molar-refractivity contribution >= 4 is 0 Å². The average Bonchev–Trinajstić information content (AvgIpc) is 2.43. The van der Waals surface area contributed by atoms with E-state index in [9.17, 15) is 18.0 Å². The minimum absolute atomic E-state index is 0.0104. The van der Waals surface area contributed by atoms with Gasteiger partial charge in [-0.15, -0.1) is 0 Å². The SMILES string of the molecule is Cc1cc(C)n(Cc2cccc(C(F)(F)F)c2)c(=O)c1C#N. The molecule has 3 nitrogen and oxygen atoms in total. The fourth-order valence-corrected chi connectivity index (χ4v) is 2.29. The molecule has 0 amide bonds. The van der Waals surface area contributed by atoms with Gasteiger partial charge in [0.05, 0.1) is 12.1 Å². The minimum atomic E-state index is -4.43. The first-order valence-corrected chi connectivity index (χ1v) is 6.51. The van der Waals surface area contributed by atoms with Crippen molar-refractivity contribution in [2.45, 2.75) is 26.6 Å². The molecule has 114 valence electrons. The van der Waals surface area contributed by atoms with Crippen LogP contribution in [0.1, 0.15) is 27.9 Å². The van der Waals surface area contributed by atoms with Crippen molar-refractivity contribution < 1.29 is 13.2 Å². The van der Waals surface area contributed by atoms with E-state index in [1.54, 1.807) is 19.9 Å². The Balaban J connectivity index is 2.49. The van der Waals surface area contributed by atoms with E-state index >= 15 is 0 Å². The van der Waals surface area contributed by atoms with Gasteiger partial charge in [0.15, 0.2) is 0 Å². The number of rotatable bonds is 2. The van der Waals surface area contributed by atoms with Gasteiger partial charge >= 0.3 is 6.18 Å². The Morgan fingerprint density at radius 2 is 1.91 bits per heavy atom. The second kappa shape index (κ2) is 5.68. The van der Waals surface area contributed by atoms with E-state index in [0.717, 1.165) is 12.1 Å². The van der Waals surface area contributed by atoms with Gasteiger partial charge in [0.25, 0.3) is 5.56 Å². The van der Waals surface area contributed by atoms with E-state index in [-0.39, 0.29) is 12.1 Å². The summed E-state index contributed by atoms with van der Waals surface area (Å²) in [5.74, 6) is 0. The number of hydrogen-bond acceptors (Lipinski definition) is 2. The minimum Gasteiger partial charge on any atom is -0.307 e. The summed E-state index contributed by atoms with van der Waals surface area (Å²) >= 11 is 0. The third kappa shape index (κ3) is 3.03. The van der Waals surface area contributed by atoms with Crippen LogP contribution in [-0.4, -0.2) is 4.57 Å². The Morgan fingerprint density at radius 1 is 1.23 bits per heavy atom. The Labute approximate surface area is 125 Å². The highest BCUT2D eigenvalue weighted by Crippen LogP contribution is 2.29. The molecule has 1 heterocycles. The summed E-state index contributed by atoms with van der Waals surface area (Å²) < 4.78 is 39.5. The molecule has 2 aromatic rings. The first-order chi connectivity index (χ1) is 10.2. The van der Waals surface area contributed by atoms with Crippen molar-refractivity contribution in [3.05, 3.63) is 68.6 Å². The maximum absolute atomic E-state index is 12.7. The smallest absolute Gasteiger partial charge is 0.307 e. The van der Waals surface area contributed by atoms with Crippen LogP contribution in [0.15, 0.2) is 35.1 Å². The van der Waals surface area contributed by atoms with Crippen LogP contribution in [0.4, 0.5) is 13.2 Å². The highest BCUT2D eigenvalue weighted by atomic mass is 19.4. The maximum Gasteiger partial charge on any atom is 0.416 e. The molecule has 2 rings (SSSR count).